The summed E-state index contributed by atoms with van der Waals surface area (Å²) in [6, 6.07) is 0. The van der Waals surface area contributed by atoms with E-state index in [2.05, 4.69) is 0 Å². The van der Waals surface area contributed by atoms with Gasteiger partial charge in [0.2, 0.25) is 0 Å². The number of rotatable bonds is 0. The standard InChI is InChI=1S/C2H4O.Mo/c1-2-3;/h2H,1H3;. The molecule has 4 heavy (non-hydrogen) atoms. The average Bonchev–Trinajstić information content (AvgIpc) is 0.918. The Balaban J connectivity index is 0. The average molecular weight is 140 g/mol. The Labute approximate surface area is 39.7 Å². The zero-order valence-corrected chi connectivity index (χ0v) is 4.40. The molecule has 0 aromatic heterocycles. The van der Waals surface area contributed by atoms with Gasteiger partial charge in [0, 0.05) is 21.1 Å². The Morgan fingerprint density at radius 2 is 1.75 bits per heavy atom. The van der Waals surface area contributed by atoms with Crippen molar-refractivity contribution in [2.75, 3.05) is 0 Å². The predicted octanol–water partition coefficient (Wildman–Crippen LogP) is 0.203. The summed E-state index contributed by atoms with van der Waals surface area (Å²) < 4.78 is 0. The molecule has 1 nitrogen and oxygen atoms in total. The van der Waals surface area contributed by atoms with Crippen molar-refractivity contribution in [3.8, 4) is 0 Å². The molecule has 0 rings (SSSR count). The molecule has 0 aliphatic rings. The molecule has 0 saturated carbocycles. The maximum atomic E-state index is 8.81. The molecule has 0 amide bonds. The van der Waals surface area contributed by atoms with E-state index in [4.69, 9.17) is 4.79 Å². The van der Waals surface area contributed by atoms with Crippen LogP contribution >= 0.6 is 0 Å². The second kappa shape index (κ2) is 10.1. The number of hydrogen-bond donors (Lipinski definition) is 0. The van der Waals surface area contributed by atoms with Gasteiger partial charge in [-0.2, -0.15) is 0 Å². The molecule has 0 fully saturated rings. The maximum absolute atomic E-state index is 8.81. The van der Waals surface area contributed by atoms with Crippen molar-refractivity contribution in [2.45, 2.75) is 6.92 Å². The predicted molar refractivity (Wildman–Crippen MR) is 11.7 cm³/mol. The first-order valence-electron chi connectivity index (χ1n) is 0.813. The third kappa shape index (κ3) is 33.9. The first kappa shape index (κ1) is 8.84. The zero-order chi connectivity index (χ0) is 2.71. The topological polar surface area (TPSA) is 17.1 Å². The molecule has 0 unspecified atom stereocenters. The Hall–Kier alpha value is 0.358. The van der Waals surface area contributed by atoms with Crippen LogP contribution in [0.5, 0.6) is 0 Å². The Bertz CT molecular complexity index is 13.5. The summed E-state index contributed by atoms with van der Waals surface area (Å²) in [6.45, 7) is 1.44. The smallest absolute Gasteiger partial charge is 0.116 e. The van der Waals surface area contributed by atoms with E-state index >= 15 is 0 Å². The van der Waals surface area contributed by atoms with Crippen LogP contribution in [0.25, 0.3) is 0 Å². The second-order valence-corrected chi connectivity index (χ2v) is 0.236. The number of aldehydes is 1. The van der Waals surface area contributed by atoms with Gasteiger partial charge in [0.1, 0.15) is 6.29 Å². The van der Waals surface area contributed by atoms with Gasteiger partial charge < -0.3 is 4.79 Å². The minimum Gasteiger partial charge on any atom is -0.304 e. The molecular formula is C2H4MoO. The van der Waals surface area contributed by atoms with Crippen LogP contribution in [0.2, 0.25) is 0 Å². The van der Waals surface area contributed by atoms with Gasteiger partial charge in [-0.1, -0.05) is 0 Å². The SMILES string of the molecule is CC=O.[Mo]. The van der Waals surface area contributed by atoms with E-state index in [9.17, 15) is 0 Å². The van der Waals surface area contributed by atoms with Crippen molar-refractivity contribution in [2.24, 2.45) is 0 Å². The number of carbonyl (C=O) groups excluding carboxylic acids is 1. The van der Waals surface area contributed by atoms with E-state index in [1.54, 1.807) is 0 Å². The summed E-state index contributed by atoms with van der Waals surface area (Å²) >= 11 is 0. The van der Waals surface area contributed by atoms with E-state index in [0.29, 0.717) is 0 Å². The fraction of sp³-hybridized carbons (Fsp3) is 0.500. The van der Waals surface area contributed by atoms with Crippen LogP contribution in [-0.4, -0.2) is 6.29 Å². The number of carbonyl (C=O) groups is 1. The first-order chi connectivity index (χ1) is 1.41. The summed E-state index contributed by atoms with van der Waals surface area (Å²) in [5, 5.41) is 0. The maximum Gasteiger partial charge on any atom is 0.116 e. The quantitative estimate of drug-likeness (QED) is 0.347. The van der Waals surface area contributed by atoms with Crippen LogP contribution in [0, 0.1) is 0 Å². The van der Waals surface area contributed by atoms with Crippen LogP contribution in [-0.2, 0) is 25.9 Å². The third-order valence-corrected chi connectivity index (χ3v) is 0. The van der Waals surface area contributed by atoms with Gasteiger partial charge in [0.25, 0.3) is 0 Å². The largest absolute Gasteiger partial charge is 0.304 e. The van der Waals surface area contributed by atoms with Crippen LogP contribution in [0.4, 0.5) is 0 Å². The van der Waals surface area contributed by atoms with Gasteiger partial charge >= 0.3 is 0 Å². The molecule has 0 N–H and O–H groups in total. The van der Waals surface area contributed by atoms with E-state index in [1.165, 1.54) is 6.92 Å². The summed E-state index contributed by atoms with van der Waals surface area (Å²) in [4.78, 5) is 8.81. The van der Waals surface area contributed by atoms with Crippen molar-refractivity contribution in [3.05, 3.63) is 0 Å². The Morgan fingerprint density at radius 3 is 1.75 bits per heavy atom. The Kier molecular flexibility index (Phi) is 22.4. The third-order valence-electron chi connectivity index (χ3n) is 0. The van der Waals surface area contributed by atoms with Crippen molar-refractivity contribution in [3.63, 3.8) is 0 Å². The molecule has 0 saturated heterocycles. The van der Waals surface area contributed by atoms with Crippen LogP contribution in [0.15, 0.2) is 0 Å². The molecule has 0 radical (unpaired) electrons. The first-order valence-corrected chi connectivity index (χ1v) is 0.813. The summed E-state index contributed by atoms with van der Waals surface area (Å²) in [6.07, 6.45) is 0.750. The van der Waals surface area contributed by atoms with Crippen LogP contribution < -0.4 is 0 Å². The van der Waals surface area contributed by atoms with Gasteiger partial charge in [-0.3, -0.25) is 0 Å². The molecule has 0 spiro atoms. The molecule has 0 bridgehead atoms. The molecule has 0 aliphatic carbocycles. The van der Waals surface area contributed by atoms with E-state index in [0.717, 1.165) is 6.29 Å². The van der Waals surface area contributed by atoms with Crippen molar-refractivity contribution < 1.29 is 25.9 Å². The van der Waals surface area contributed by atoms with Gasteiger partial charge in [-0.15, -0.1) is 0 Å². The normalized spacial score (nSPS) is 3.25. The Morgan fingerprint density at radius 1 is 1.75 bits per heavy atom. The van der Waals surface area contributed by atoms with Crippen LogP contribution in [0.3, 0.4) is 0 Å². The number of hydrogen-bond acceptors (Lipinski definition) is 1. The molecule has 0 atom stereocenters. The molecule has 0 aromatic carbocycles. The van der Waals surface area contributed by atoms with E-state index in [1.807, 2.05) is 0 Å². The minimum atomic E-state index is 0. The molecule has 2 heteroatoms. The molecule has 0 aromatic rings. The van der Waals surface area contributed by atoms with E-state index in [-0.39, 0.29) is 21.1 Å². The van der Waals surface area contributed by atoms with Gasteiger partial charge in [0.05, 0.1) is 0 Å². The summed E-state index contributed by atoms with van der Waals surface area (Å²) in [5.41, 5.74) is 0. The van der Waals surface area contributed by atoms with Gasteiger partial charge in [0.15, 0.2) is 0 Å². The summed E-state index contributed by atoms with van der Waals surface area (Å²) in [7, 11) is 0. The van der Waals surface area contributed by atoms with Crippen LogP contribution in [0.1, 0.15) is 6.92 Å². The van der Waals surface area contributed by atoms with E-state index < -0.39 is 0 Å². The molecule has 0 aliphatic heterocycles. The van der Waals surface area contributed by atoms with Gasteiger partial charge in [-0.25, -0.2) is 0 Å². The minimum absolute atomic E-state index is 0. The monoisotopic (exact) mass is 142 g/mol. The second-order valence-electron chi connectivity index (χ2n) is 0.236. The molecular weight excluding hydrogens is 136 g/mol. The van der Waals surface area contributed by atoms with Crippen molar-refractivity contribution >= 4 is 6.29 Å². The fourth-order valence-electron chi connectivity index (χ4n) is 0. The van der Waals surface area contributed by atoms with Crippen molar-refractivity contribution in [1.82, 2.24) is 0 Å². The zero-order valence-electron chi connectivity index (χ0n) is 2.39. The summed E-state index contributed by atoms with van der Waals surface area (Å²) in [5.74, 6) is 0. The molecule has 24 valence electrons. The van der Waals surface area contributed by atoms with Crippen molar-refractivity contribution in [1.29, 1.82) is 0 Å². The molecule has 0 heterocycles. The van der Waals surface area contributed by atoms with Gasteiger partial charge in [-0.05, 0) is 6.92 Å². The fourth-order valence-corrected chi connectivity index (χ4v) is 0.